The minimum absolute atomic E-state index is 0.000431. The number of anilines is 2. The van der Waals surface area contributed by atoms with Crippen molar-refractivity contribution < 1.29 is 9.59 Å². The average Bonchev–Trinajstić information content (AvgIpc) is 3.18. The van der Waals surface area contributed by atoms with Crippen molar-refractivity contribution in [2.75, 3.05) is 17.2 Å². The van der Waals surface area contributed by atoms with Crippen molar-refractivity contribution in [3.63, 3.8) is 0 Å². The van der Waals surface area contributed by atoms with Crippen molar-refractivity contribution in [3.05, 3.63) is 41.4 Å². The molecule has 0 unspecified atom stereocenters. The van der Waals surface area contributed by atoms with E-state index in [-0.39, 0.29) is 17.9 Å². The fraction of sp³-hybridized carbons (Fsp3) is 0.353. The Labute approximate surface area is 144 Å². The lowest BCUT2D eigenvalue weighted by molar-refractivity contribution is -0.120. The summed E-state index contributed by atoms with van der Waals surface area (Å²) in [6.07, 6.45) is 3.53. The number of nitrogens with one attached hydrogen (secondary N) is 2. The first-order chi connectivity index (χ1) is 11.6. The zero-order chi connectivity index (χ0) is 16.9. The van der Waals surface area contributed by atoms with Crippen molar-refractivity contribution in [3.8, 4) is 0 Å². The number of carbonyl (C=O) groups is 2. The van der Waals surface area contributed by atoms with Crippen LogP contribution in [0.1, 0.15) is 25.3 Å². The smallest absolute Gasteiger partial charge is 0.243 e. The summed E-state index contributed by atoms with van der Waals surface area (Å²) in [6.45, 7) is 3.07. The summed E-state index contributed by atoms with van der Waals surface area (Å²) in [4.78, 5) is 29.9. The topological polar surface area (TPSA) is 74.3 Å². The highest BCUT2D eigenvalue weighted by Gasteiger charge is 2.30. The summed E-state index contributed by atoms with van der Waals surface area (Å²) in [5, 5.41) is 8.16. The molecule has 0 spiro atoms. The molecule has 1 fully saturated rings. The zero-order valence-corrected chi connectivity index (χ0v) is 14.3. The Morgan fingerprint density at radius 1 is 1.38 bits per heavy atom. The molecular weight excluding hydrogens is 324 g/mol. The molecule has 1 aromatic carbocycles. The maximum Gasteiger partial charge on any atom is 0.243 e. The summed E-state index contributed by atoms with van der Waals surface area (Å²) in [7, 11) is 0. The van der Waals surface area contributed by atoms with E-state index in [4.69, 9.17) is 0 Å². The van der Waals surface area contributed by atoms with Crippen molar-refractivity contribution >= 4 is 34.0 Å². The molecule has 7 heteroatoms. The first-order valence-electron chi connectivity index (χ1n) is 7.93. The van der Waals surface area contributed by atoms with E-state index in [0.29, 0.717) is 11.7 Å². The molecular formula is C17H20N4O2S. The first kappa shape index (κ1) is 16.6. The molecule has 3 rings (SSSR count). The van der Waals surface area contributed by atoms with E-state index in [0.717, 1.165) is 30.6 Å². The molecule has 0 bridgehead atoms. The molecule has 2 amide bonds. The Morgan fingerprint density at radius 3 is 3.00 bits per heavy atom. The van der Waals surface area contributed by atoms with Gasteiger partial charge in [-0.2, -0.15) is 0 Å². The number of amides is 2. The van der Waals surface area contributed by atoms with Crippen LogP contribution in [0.15, 0.2) is 35.8 Å². The van der Waals surface area contributed by atoms with Crippen LogP contribution in [-0.2, 0) is 16.1 Å². The average molecular weight is 344 g/mol. The largest absolute Gasteiger partial charge is 0.326 e. The van der Waals surface area contributed by atoms with Crippen LogP contribution >= 0.6 is 11.3 Å². The van der Waals surface area contributed by atoms with Gasteiger partial charge in [0.25, 0.3) is 0 Å². The van der Waals surface area contributed by atoms with Gasteiger partial charge in [-0.1, -0.05) is 12.1 Å². The summed E-state index contributed by atoms with van der Waals surface area (Å²) in [6, 6.07) is 7.61. The number of carbonyl (C=O) groups excluding carboxylic acids is 2. The van der Waals surface area contributed by atoms with Crippen molar-refractivity contribution in [2.24, 2.45) is 0 Å². The third kappa shape index (κ3) is 4.18. The fourth-order valence-corrected chi connectivity index (χ4v) is 3.50. The minimum atomic E-state index is -0.140. The van der Waals surface area contributed by atoms with Crippen molar-refractivity contribution in [1.29, 1.82) is 0 Å². The van der Waals surface area contributed by atoms with Crippen molar-refractivity contribution in [2.45, 2.75) is 32.4 Å². The maximum atomic E-state index is 12.5. The van der Waals surface area contributed by atoms with Gasteiger partial charge in [-0.05, 0) is 37.1 Å². The summed E-state index contributed by atoms with van der Waals surface area (Å²) in [5.74, 6) is -0.0884. The lowest BCUT2D eigenvalue weighted by atomic mass is 10.1. The summed E-state index contributed by atoms with van der Waals surface area (Å²) < 4.78 is 0. The van der Waals surface area contributed by atoms with Gasteiger partial charge in [0, 0.05) is 30.7 Å². The Morgan fingerprint density at radius 2 is 2.25 bits per heavy atom. The van der Waals surface area contributed by atoms with Crippen LogP contribution in [-0.4, -0.2) is 34.3 Å². The van der Waals surface area contributed by atoms with Crippen LogP contribution in [0, 0.1) is 0 Å². The van der Waals surface area contributed by atoms with Gasteiger partial charge in [0.2, 0.25) is 11.8 Å². The summed E-state index contributed by atoms with van der Waals surface area (Å²) in [5.41, 5.74) is 1.86. The highest BCUT2D eigenvalue weighted by atomic mass is 32.1. The van der Waals surface area contributed by atoms with Crippen LogP contribution in [0.3, 0.4) is 0 Å². The zero-order valence-electron chi connectivity index (χ0n) is 13.5. The van der Waals surface area contributed by atoms with Crippen LogP contribution in [0.2, 0.25) is 0 Å². The van der Waals surface area contributed by atoms with Gasteiger partial charge < -0.3 is 10.6 Å². The second kappa shape index (κ2) is 7.55. The van der Waals surface area contributed by atoms with E-state index < -0.39 is 0 Å². The maximum absolute atomic E-state index is 12.5. The van der Waals surface area contributed by atoms with Gasteiger partial charge >= 0.3 is 0 Å². The molecule has 2 N–H and O–H groups in total. The Hall–Kier alpha value is -2.25. The number of hydrogen-bond donors (Lipinski definition) is 2. The fourth-order valence-electron chi connectivity index (χ4n) is 2.97. The monoisotopic (exact) mass is 344 g/mol. The van der Waals surface area contributed by atoms with Gasteiger partial charge in [0.05, 0.1) is 6.04 Å². The molecule has 126 valence electrons. The molecule has 2 aromatic rings. The molecule has 1 aliphatic rings. The number of hydrogen-bond acceptors (Lipinski definition) is 5. The van der Waals surface area contributed by atoms with E-state index >= 15 is 0 Å². The number of likely N-dealkylation sites (tertiary alicyclic amines) is 1. The van der Waals surface area contributed by atoms with E-state index in [1.165, 1.54) is 18.3 Å². The van der Waals surface area contributed by atoms with Crippen LogP contribution in [0.5, 0.6) is 0 Å². The molecule has 6 nitrogen and oxygen atoms in total. The molecule has 1 atom stereocenters. The summed E-state index contributed by atoms with van der Waals surface area (Å²) >= 11 is 1.42. The number of rotatable bonds is 5. The Balaban J connectivity index is 1.65. The quantitative estimate of drug-likeness (QED) is 0.874. The van der Waals surface area contributed by atoms with Gasteiger partial charge in [-0.3, -0.25) is 14.5 Å². The third-order valence-electron chi connectivity index (χ3n) is 3.96. The molecule has 0 aliphatic carbocycles. The van der Waals surface area contributed by atoms with Crippen molar-refractivity contribution in [1.82, 2.24) is 9.88 Å². The second-order valence-electron chi connectivity index (χ2n) is 5.84. The lowest BCUT2D eigenvalue weighted by Crippen LogP contribution is -2.39. The number of nitrogens with zero attached hydrogens (tertiary/aromatic N) is 2. The molecule has 1 saturated heterocycles. The molecule has 0 saturated carbocycles. The Bertz CT molecular complexity index is 717. The van der Waals surface area contributed by atoms with Crippen LogP contribution < -0.4 is 10.6 Å². The molecule has 1 aliphatic heterocycles. The highest BCUT2D eigenvalue weighted by Crippen LogP contribution is 2.23. The Kier molecular flexibility index (Phi) is 5.22. The van der Waals surface area contributed by atoms with Gasteiger partial charge in [-0.25, -0.2) is 4.98 Å². The van der Waals surface area contributed by atoms with E-state index in [1.807, 2.05) is 29.6 Å². The number of thiazole rings is 1. The normalized spacial score (nSPS) is 17.6. The highest BCUT2D eigenvalue weighted by molar-refractivity contribution is 7.13. The third-order valence-corrected chi connectivity index (χ3v) is 4.65. The minimum Gasteiger partial charge on any atom is -0.326 e. The predicted molar refractivity (Wildman–Crippen MR) is 94.9 cm³/mol. The molecule has 1 aromatic heterocycles. The SMILES string of the molecule is CC(=O)Nc1cccc(CN2CCC[C@H]2C(=O)Nc2nccs2)c1. The van der Waals surface area contributed by atoms with Crippen LogP contribution in [0.25, 0.3) is 0 Å². The lowest BCUT2D eigenvalue weighted by Gasteiger charge is -2.23. The van der Waals surface area contributed by atoms with E-state index in [2.05, 4.69) is 20.5 Å². The number of aromatic nitrogens is 1. The van der Waals surface area contributed by atoms with Gasteiger partial charge in [0.15, 0.2) is 5.13 Å². The first-order valence-corrected chi connectivity index (χ1v) is 8.81. The molecule has 24 heavy (non-hydrogen) atoms. The molecule has 0 radical (unpaired) electrons. The van der Waals surface area contributed by atoms with Gasteiger partial charge in [-0.15, -0.1) is 11.3 Å². The van der Waals surface area contributed by atoms with E-state index in [9.17, 15) is 9.59 Å². The van der Waals surface area contributed by atoms with Crippen LogP contribution in [0.4, 0.5) is 10.8 Å². The number of benzene rings is 1. The van der Waals surface area contributed by atoms with Gasteiger partial charge in [0.1, 0.15) is 0 Å². The molecule has 2 heterocycles. The second-order valence-corrected chi connectivity index (χ2v) is 6.73. The van der Waals surface area contributed by atoms with E-state index in [1.54, 1.807) is 6.20 Å². The standard InChI is InChI=1S/C17H20N4O2S/c1-12(22)19-14-5-2-4-13(10-14)11-21-8-3-6-15(21)16(23)20-17-18-7-9-24-17/h2,4-5,7,9-10,15H,3,6,8,11H2,1H3,(H,19,22)(H,18,20,23)/t15-/m0/s1. The predicted octanol–water partition coefficient (Wildman–Crippen LogP) is 2.70.